The van der Waals surface area contributed by atoms with Crippen LogP contribution in [0.25, 0.3) is 0 Å². The van der Waals surface area contributed by atoms with E-state index >= 15 is 0 Å². The van der Waals surface area contributed by atoms with Crippen LogP contribution in [0.3, 0.4) is 0 Å². The van der Waals surface area contributed by atoms with Gasteiger partial charge in [0.2, 0.25) is 0 Å². The van der Waals surface area contributed by atoms with E-state index in [1.807, 2.05) is 6.07 Å². The van der Waals surface area contributed by atoms with Crippen LogP contribution in [0.1, 0.15) is 13.8 Å². The maximum Gasteiger partial charge on any atom is 0.0554 e. The standard InChI is InChI=1S/C10H15N.CHNS/c1-3-11(4-2)10-8-6-5-7-9-10;2-1-3/h5-9H,3-4H2,1-2H3;2H. The van der Waals surface area contributed by atoms with Gasteiger partial charge < -0.3 is 4.90 Å². The summed E-state index contributed by atoms with van der Waals surface area (Å²) in [7, 11) is 0. The topological polar surface area (TPSA) is 27.1 Å². The van der Waals surface area contributed by atoms with Gasteiger partial charge in [0.25, 0.3) is 0 Å². The average molecular weight is 208 g/mol. The summed E-state index contributed by atoms with van der Waals surface area (Å²) >= 11 is 3.81. The summed E-state index contributed by atoms with van der Waals surface area (Å²) in [6.07, 6.45) is 0. The van der Waals surface area contributed by atoms with E-state index in [2.05, 4.69) is 55.2 Å². The molecule has 0 unspecified atom stereocenters. The van der Waals surface area contributed by atoms with E-state index in [9.17, 15) is 0 Å². The first-order valence-corrected chi connectivity index (χ1v) is 5.04. The van der Waals surface area contributed by atoms with Crippen LogP contribution in [-0.4, -0.2) is 18.3 Å². The largest absolute Gasteiger partial charge is 0.372 e. The van der Waals surface area contributed by atoms with E-state index in [4.69, 9.17) is 5.41 Å². The fourth-order valence-corrected chi connectivity index (χ4v) is 1.23. The van der Waals surface area contributed by atoms with Gasteiger partial charge in [0.05, 0.1) is 5.16 Å². The van der Waals surface area contributed by atoms with Crippen molar-refractivity contribution >= 4 is 23.1 Å². The van der Waals surface area contributed by atoms with E-state index in [1.54, 1.807) is 5.16 Å². The van der Waals surface area contributed by atoms with Crippen molar-refractivity contribution in [3.05, 3.63) is 30.3 Å². The maximum atomic E-state index is 5.77. The Hall–Kier alpha value is -1.18. The molecule has 1 aromatic carbocycles. The molecule has 0 amide bonds. The van der Waals surface area contributed by atoms with Gasteiger partial charge in [0.1, 0.15) is 0 Å². The zero-order chi connectivity index (χ0) is 10.8. The van der Waals surface area contributed by atoms with Crippen LogP contribution >= 0.6 is 12.2 Å². The predicted octanol–water partition coefficient (Wildman–Crippen LogP) is 3.20. The molecule has 76 valence electrons. The summed E-state index contributed by atoms with van der Waals surface area (Å²) in [6.45, 7) is 6.52. The Bertz CT molecular complexity index is 262. The van der Waals surface area contributed by atoms with Crippen LogP contribution in [0.2, 0.25) is 0 Å². The van der Waals surface area contributed by atoms with Crippen molar-refractivity contribution in [2.45, 2.75) is 13.8 Å². The van der Waals surface area contributed by atoms with Crippen LogP contribution in [0.15, 0.2) is 30.3 Å². The first-order chi connectivity index (χ1) is 6.79. The molecule has 0 radical (unpaired) electrons. The average Bonchev–Trinajstić information content (AvgIpc) is 2.22. The maximum absolute atomic E-state index is 5.77. The molecule has 0 bridgehead atoms. The van der Waals surface area contributed by atoms with E-state index in [0.717, 1.165) is 13.1 Å². The lowest BCUT2D eigenvalue weighted by Gasteiger charge is -2.20. The van der Waals surface area contributed by atoms with Gasteiger partial charge >= 0.3 is 0 Å². The highest BCUT2D eigenvalue weighted by Gasteiger charge is 1.97. The molecule has 0 fully saturated rings. The highest BCUT2D eigenvalue weighted by atomic mass is 32.1. The SMILES string of the molecule is CCN(CC)c1ccccc1.N=C=S. The Labute approximate surface area is 91.1 Å². The van der Waals surface area contributed by atoms with Gasteiger partial charge in [-0.3, -0.25) is 0 Å². The highest BCUT2D eigenvalue weighted by Crippen LogP contribution is 2.11. The first-order valence-electron chi connectivity index (χ1n) is 4.64. The van der Waals surface area contributed by atoms with E-state index in [0.29, 0.717) is 0 Å². The van der Waals surface area contributed by atoms with Gasteiger partial charge in [-0.05, 0) is 38.2 Å². The molecule has 0 saturated carbocycles. The van der Waals surface area contributed by atoms with Gasteiger partial charge in [0.15, 0.2) is 0 Å². The van der Waals surface area contributed by atoms with Gasteiger partial charge in [-0.1, -0.05) is 18.2 Å². The third-order valence-corrected chi connectivity index (χ3v) is 1.88. The van der Waals surface area contributed by atoms with E-state index in [1.165, 1.54) is 5.69 Å². The predicted molar refractivity (Wildman–Crippen MR) is 65.3 cm³/mol. The Balaban J connectivity index is 0.000000500. The fraction of sp³-hybridized carbons (Fsp3) is 0.364. The third-order valence-electron chi connectivity index (χ3n) is 1.88. The molecular formula is C11H16N2S. The lowest BCUT2D eigenvalue weighted by molar-refractivity contribution is 0.866. The highest BCUT2D eigenvalue weighted by molar-refractivity contribution is 7.78. The smallest absolute Gasteiger partial charge is 0.0554 e. The Kier molecular flexibility index (Phi) is 7.71. The first kappa shape index (κ1) is 12.8. The minimum Gasteiger partial charge on any atom is -0.372 e. The molecule has 1 rings (SSSR count). The summed E-state index contributed by atoms with van der Waals surface area (Å²) in [4.78, 5) is 2.33. The summed E-state index contributed by atoms with van der Waals surface area (Å²) in [6, 6.07) is 10.5. The van der Waals surface area contributed by atoms with Crippen molar-refractivity contribution in [1.29, 1.82) is 5.41 Å². The van der Waals surface area contributed by atoms with Gasteiger partial charge in [-0.2, -0.15) is 0 Å². The number of benzene rings is 1. The Morgan fingerprint density at radius 2 is 1.64 bits per heavy atom. The Morgan fingerprint density at radius 1 is 1.21 bits per heavy atom. The molecule has 14 heavy (non-hydrogen) atoms. The quantitative estimate of drug-likeness (QED) is 0.610. The minimum absolute atomic E-state index is 1.08. The van der Waals surface area contributed by atoms with Crippen LogP contribution in [-0.2, 0) is 0 Å². The second-order valence-electron chi connectivity index (χ2n) is 2.61. The summed E-state index contributed by atoms with van der Waals surface area (Å²) in [5.41, 5.74) is 1.32. The van der Waals surface area contributed by atoms with Crippen molar-refractivity contribution in [2.24, 2.45) is 0 Å². The molecule has 0 heterocycles. The van der Waals surface area contributed by atoms with Crippen LogP contribution < -0.4 is 4.90 Å². The van der Waals surface area contributed by atoms with Crippen molar-refractivity contribution in [1.82, 2.24) is 0 Å². The molecule has 0 atom stereocenters. The monoisotopic (exact) mass is 208 g/mol. The van der Waals surface area contributed by atoms with Crippen LogP contribution in [0.5, 0.6) is 0 Å². The molecule has 1 aromatic rings. The fourth-order valence-electron chi connectivity index (χ4n) is 1.23. The van der Waals surface area contributed by atoms with Crippen LogP contribution in [0.4, 0.5) is 5.69 Å². The number of hydrogen-bond donors (Lipinski definition) is 1. The summed E-state index contributed by atoms with van der Waals surface area (Å²) in [5.74, 6) is 0. The number of thiocarbonyl (C=S) groups is 1. The number of nitrogens with zero attached hydrogens (tertiary/aromatic N) is 1. The van der Waals surface area contributed by atoms with Gasteiger partial charge in [-0.15, -0.1) is 0 Å². The zero-order valence-electron chi connectivity index (χ0n) is 8.66. The molecule has 0 spiro atoms. The summed E-state index contributed by atoms with van der Waals surface area (Å²) in [5, 5.41) is 7.36. The van der Waals surface area contributed by atoms with Gasteiger partial charge in [-0.25, -0.2) is 5.41 Å². The van der Waals surface area contributed by atoms with Crippen molar-refractivity contribution < 1.29 is 0 Å². The molecule has 0 saturated heterocycles. The molecule has 2 nitrogen and oxygen atoms in total. The second-order valence-corrected chi connectivity index (χ2v) is 2.81. The molecule has 0 aromatic heterocycles. The van der Waals surface area contributed by atoms with Crippen molar-refractivity contribution in [3.63, 3.8) is 0 Å². The molecular weight excluding hydrogens is 192 g/mol. The number of para-hydroxylation sites is 1. The molecule has 0 aliphatic carbocycles. The minimum atomic E-state index is 1.08. The van der Waals surface area contributed by atoms with Crippen molar-refractivity contribution in [3.8, 4) is 0 Å². The third kappa shape index (κ3) is 4.75. The van der Waals surface area contributed by atoms with Gasteiger partial charge in [0, 0.05) is 18.8 Å². The molecule has 3 heteroatoms. The van der Waals surface area contributed by atoms with Crippen molar-refractivity contribution in [2.75, 3.05) is 18.0 Å². The number of isothiocyanates is 1. The lowest BCUT2D eigenvalue weighted by Crippen LogP contribution is -2.21. The summed E-state index contributed by atoms with van der Waals surface area (Å²) < 4.78 is 0. The number of hydrogen-bond acceptors (Lipinski definition) is 3. The zero-order valence-corrected chi connectivity index (χ0v) is 9.47. The number of nitrogens with one attached hydrogen (secondary N) is 1. The number of anilines is 1. The van der Waals surface area contributed by atoms with Crippen LogP contribution in [0, 0.1) is 5.41 Å². The number of rotatable bonds is 3. The normalized spacial score (nSPS) is 8.14. The van der Waals surface area contributed by atoms with E-state index < -0.39 is 0 Å². The molecule has 0 aliphatic rings. The molecule has 0 aliphatic heterocycles. The van der Waals surface area contributed by atoms with E-state index in [-0.39, 0.29) is 0 Å². The molecule has 1 N–H and O–H groups in total. The lowest BCUT2D eigenvalue weighted by atomic mass is 10.3. The Morgan fingerprint density at radius 3 is 2.00 bits per heavy atom. The second kappa shape index (κ2) is 8.42.